The van der Waals surface area contributed by atoms with Gasteiger partial charge < -0.3 is 5.32 Å². The van der Waals surface area contributed by atoms with Crippen molar-refractivity contribution in [3.05, 3.63) is 35.6 Å². The van der Waals surface area contributed by atoms with E-state index in [9.17, 15) is 8.78 Å². The van der Waals surface area contributed by atoms with E-state index in [1.807, 2.05) is 0 Å². The van der Waals surface area contributed by atoms with Gasteiger partial charge in [-0.1, -0.05) is 12.1 Å². The van der Waals surface area contributed by atoms with E-state index in [0.717, 1.165) is 0 Å². The predicted octanol–water partition coefficient (Wildman–Crippen LogP) is 1.98. The average Bonchev–Trinajstić information content (AvgIpc) is 2.54. The van der Waals surface area contributed by atoms with Crippen LogP contribution in [0.3, 0.4) is 0 Å². The summed E-state index contributed by atoms with van der Waals surface area (Å²) < 4.78 is 26.6. The van der Waals surface area contributed by atoms with E-state index < -0.39 is 5.67 Å². The van der Waals surface area contributed by atoms with Crippen LogP contribution in [0.25, 0.3) is 0 Å². The van der Waals surface area contributed by atoms with Crippen LogP contribution in [-0.4, -0.2) is 13.1 Å². The first-order valence-electron chi connectivity index (χ1n) is 4.36. The fourth-order valence-corrected chi connectivity index (χ4v) is 1.66. The molecule has 13 heavy (non-hydrogen) atoms. The van der Waals surface area contributed by atoms with Gasteiger partial charge in [-0.25, -0.2) is 8.78 Å². The van der Waals surface area contributed by atoms with Gasteiger partial charge in [-0.2, -0.15) is 0 Å². The topological polar surface area (TPSA) is 12.0 Å². The minimum atomic E-state index is -1.30. The van der Waals surface area contributed by atoms with Crippen LogP contribution in [0.1, 0.15) is 12.0 Å². The molecule has 0 saturated carbocycles. The van der Waals surface area contributed by atoms with Crippen molar-refractivity contribution in [3.63, 3.8) is 0 Å². The number of nitrogens with one attached hydrogen (secondary N) is 1. The summed E-state index contributed by atoms with van der Waals surface area (Å²) in [6.45, 7) is 1.02. The minimum Gasteiger partial charge on any atom is -0.313 e. The van der Waals surface area contributed by atoms with Gasteiger partial charge in [-0.15, -0.1) is 0 Å². The van der Waals surface area contributed by atoms with Gasteiger partial charge in [0.2, 0.25) is 0 Å². The molecule has 1 nitrogen and oxygen atoms in total. The SMILES string of the molecule is Fc1ccc([C@@]2(F)CCNC2)cc1. The van der Waals surface area contributed by atoms with Crippen molar-refractivity contribution in [2.24, 2.45) is 0 Å². The largest absolute Gasteiger partial charge is 0.313 e. The van der Waals surface area contributed by atoms with E-state index in [2.05, 4.69) is 5.32 Å². The van der Waals surface area contributed by atoms with Gasteiger partial charge in [-0.05, 0) is 30.7 Å². The summed E-state index contributed by atoms with van der Waals surface area (Å²) in [6.07, 6.45) is 0.471. The summed E-state index contributed by atoms with van der Waals surface area (Å²) in [5.74, 6) is -0.321. The van der Waals surface area contributed by atoms with Gasteiger partial charge in [0.15, 0.2) is 0 Å². The zero-order valence-electron chi connectivity index (χ0n) is 7.19. The Morgan fingerprint density at radius 1 is 1.23 bits per heavy atom. The van der Waals surface area contributed by atoms with Crippen LogP contribution in [0.5, 0.6) is 0 Å². The Hall–Kier alpha value is -0.960. The standard InChI is InChI=1S/C10H11F2N/c11-9-3-1-8(2-4-9)10(12)5-6-13-7-10/h1-4,13H,5-7H2/t10-/m1/s1. The number of alkyl halides is 1. The molecule has 1 aliphatic rings. The van der Waals surface area contributed by atoms with E-state index in [-0.39, 0.29) is 5.82 Å². The lowest BCUT2D eigenvalue weighted by molar-refractivity contribution is 0.193. The zero-order chi connectivity index (χ0) is 9.31. The molecule has 3 heteroatoms. The second kappa shape index (κ2) is 3.07. The second-order valence-corrected chi connectivity index (χ2v) is 3.40. The highest BCUT2D eigenvalue weighted by atomic mass is 19.1. The molecule has 0 spiro atoms. The molecule has 1 N–H and O–H groups in total. The minimum absolute atomic E-state index is 0.321. The van der Waals surface area contributed by atoms with E-state index in [1.54, 1.807) is 0 Å². The van der Waals surface area contributed by atoms with Gasteiger partial charge in [0.05, 0.1) is 0 Å². The lowest BCUT2D eigenvalue weighted by Gasteiger charge is -2.18. The van der Waals surface area contributed by atoms with Crippen LogP contribution < -0.4 is 5.32 Å². The molecule has 1 aliphatic heterocycles. The molecular weight excluding hydrogens is 172 g/mol. The maximum atomic E-state index is 14.0. The summed E-state index contributed by atoms with van der Waals surface area (Å²) >= 11 is 0. The highest BCUT2D eigenvalue weighted by Crippen LogP contribution is 2.31. The Balaban J connectivity index is 2.29. The Morgan fingerprint density at radius 3 is 2.46 bits per heavy atom. The van der Waals surface area contributed by atoms with Crippen molar-refractivity contribution in [2.45, 2.75) is 12.1 Å². The van der Waals surface area contributed by atoms with Crippen molar-refractivity contribution >= 4 is 0 Å². The Bertz CT molecular complexity index is 288. The number of hydrogen-bond acceptors (Lipinski definition) is 1. The Kier molecular flexibility index (Phi) is 2.04. The van der Waals surface area contributed by atoms with Crippen molar-refractivity contribution in [1.82, 2.24) is 5.32 Å². The molecule has 1 atom stereocenters. The van der Waals surface area contributed by atoms with Crippen molar-refractivity contribution in [1.29, 1.82) is 0 Å². The second-order valence-electron chi connectivity index (χ2n) is 3.40. The molecule has 0 unspecified atom stereocenters. The molecule has 0 amide bonds. The maximum absolute atomic E-state index is 14.0. The quantitative estimate of drug-likeness (QED) is 0.702. The monoisotopic (exact) mass is 183 g/mol. The summed E-state index contributed by atoms with van der Waals surface area (Å²) in [5.41, 5.74) is -0.729. The first-order chi connectivity index (χ1) is 6.21. The van der Waals surface area contributed by atoms with Crippen molar-refractivity contribution in [3.8, 4) is 0 Å². The lowest BCUT2D eigenvalue weighted by atomic mass is 9.95. The summed E-state index contributed by atoms with van der Waals surface area (Å²) in [4.78, 5) is 0. The van der Waals surface area contributed by atoms with Crippen LogP contribution in [-0.2, 0) is 5.67 Å². The first-order valence-corrected chi connectivity index (χ1v) is 4.36. The molecule has 0 aromatic heterocycles. The van der Waals surface area contributed by atoms with E-state index in [1.165, 1.54) is 24.3 Å². The maximum Gasteiger partial charge on any atom is 0.149 e. The molecule has 2 rings (SSSR count). The average molecular weight is 183 g/mol. The molecule has 0 bridgehead atoms. The smallest absolute Gasteiger partial charge is 0.149 e. The van der Waals surface area contributed by atoms with Gasteiger partial charge in [0.25, 0.3) is 0 Å². The molecule has 1 aromatic rings. The summed E-state index contributed by atoms with van der Waals surface area (Å²) in [7, 11) is 0. The number of hydrogen-bond donors (Lipinski definition) is 1. The molecule has 0 radical (unpaired) electrons. The van der Waals surface area contributed by atoms with Crippen LogP contribution in [0.15, 0.2) is 24.3 Å². The van der Waals surface area contributed by atoms with Gasteiger partial charge in [0.1, 0.15) is 11.5 Å². The molecule has 1 aromatic carbocycles. The van der Waals surface area contributed by atoms with Gasteiger partial charge in [-0.3, -0.25) is 0 Å². The fourth-order valence-electron chi connectivity index (χ4n) is 1.66. The fraction of sp³-hybridized carbons (Fsp3) is 0.400. The molecule has 1 saturated heterocycles. The molecule has 1 fully saturated rings. The zero-order valence-corrected chi connectivity index (χ0v) is 7.19. The normalized spacial score (nSPS) is 27.8. The number of rotatable bonds is 1. The first kappa shape index (κ1) is 8.63. The summed E-state index contributed by atoms with van der Waals surface area (Å²) in [6, 6.07) is 5.63. The Labute approximate surface area is 75.8 Å². The predicted molar refractivity (Wildman–Crippen MR) is 46.7 cm³/mol. The molecule has 70 valence electrons. The van der Waals surface area contributed by atoms with Crippen LogP contribution in [0.4, 0.5) is 8.78 Å². The molecule has 1 heterocycles. The third kappa shape index (κ3) is 1.56. The van der Waals surface area contributed by atoms with Crippen molar-refractivity contribution < 1.29 is 8.78 Å². The van der Waals surface area contributed by atoms with Crippen LogP contribution >= 0.6 is 0 Å². The van der Waals surface area contributed by atoms with Crippen LogP contribution in [0, 0.1) is 5.82 Å². The highest BCUT2D eigenvalue weighted by Gasteiger charge is 2.35. The molecule has 0 aliphatic carbocycles. The number of halogens is 2. The Morgan fingerprint density at radius 2 is 1.92 bits per heavy atom. The van der Waals surface area contributed by atoms with E-state index in [4.69, 9.17) is 0 Å². The van der Waals surface area contributed by atoms with E-state index in [0.29, 0.717) is 25.1 Å². The highest BCUT2D eigenvalue weighted by molar-refractivity contribution is 5.24. The van der Waals surface area contributed by atoms with Crippen molar-refractivity contribution in [2.75, 3.05) is 13.1 Å². The third-order valence-electron chi connectivity index (χ3n) is 2.46. The van der Waals surface area contributed by atoms with Gasteiger partial charge in [0, 0.05) is 6.54 Å². The van der Waals surface area contributed by atoms with E-state index >= 15 is 0 Å². The number of benzene rings is 1. The third-order valence-corrected chi connectivity index (χ3v) is 2.46. The lowest BCUT2D eigenvalue weighted by Crippen LogP contribution is -2.23. The van der Waals surface area contributed by atoms with Crippen LogP contribution in [0.2, 0.25) is 0 Å². The summed E-state index contributed by atoms with van der Waals surface area (Å²) in [5, 5.41) is 2.96. The van der Waals surface area contributed by atoms with Gasteiger partial charge >= 0.3 is 0 Å². The molecular formula is C10H11F2N.